The van der Waals surface area contributed by atoms with Crippen LogP contribution in [0, 0.1) is 6.92 Å². The van der Waals surface area contributed by atoms with Gasteiger partial charge in [-0.3, -0.25) is 0 Å². The number of hydrogen-bond donors (Lipinski definition) is 0. The Kier molecular flexibility index (Phi) is 3.06. The van der Waals surface area contributed by atoms with Crippen molar-refractivity contribution in [2.75, 3.05) is 7.11 Å². The van der Waals surface area contributed by atoms with E-state index in [4.69, 9.17) is 4.74 Å². The Morgan fingerprint density at radius 1 is 1.31 bits per heavy atom. The molecule has 0 fully saturated rings. The highest BCUT2D eigenvalue weighted by Gasteiger charge is 2.13. The van der Waals surface area contributed by atoms with Crippen molar-refractivity contribution in [1.29, 1.82) is 0 Å². The molecule has 1 heterocycles. The molecule has 0 bridgehead atoms. The summed E-state index contributed by atoms with van der Waals surface area (Å²) in [6, 6.07) is 8.09. The Morgan fingerprint density at radius 2 is 2.12 bits per heavy atom. The van der Waals surface area contributed by atoms with Gasteiger partial charge in [0.15, 0.2) is 0 Å². The SMILES string of the molecule is COC(=O)c1cscc1-c1cccc(C)c1. The van der Waals surface area contributed by atoms with Gasteiger partial charge < -0.3 is 4.74 Å². The van der Waals surface area contributed by atoms with Crippen molar-refractivity contribution in [1.82, 2.24) is 0 Å². The Labute approximate surface area is 98.5 Å². The molecule has 0 aliphatic rings. The van der Waals surface area contributed by atoms with Crippen LogP contribution in [0.3, 0.4) is 0 Å². The zero-order chi connectivity index (χ0) is 11.5. The topological polar surface area (TPSA) is 26.3 Å². The van der Waals surface area contributed by atoms with E-state index in [1.807, 2.05) is 35.9 Å². The van der Waals surface area contributed by atoms with Crippen molar-refractivity contribution in [3.05, 3.63) is 46.2 Å². The van der Waals surface area contributed by atoms with E-state index >= 15 is 0 Å². The standard InChI is InChI=1S/C13H12O2S/c1-9-4-3-5-10(6-9)11-7-16-8-12(11)13(14)15-2/h3-8H,1-2H3. The zero-order valence-corrected chi connectivity index (χ0v) is 10.0. The lowest BCUT2D eigenvalue weighted by Gasteiger charge is -2.03. The molecule has 1 aromatic carbocycles. The van der Waals surface area contributed by atoms with E-state index < -0.39 is 0 Å². The number of esters is 1. The quantitative estimate of drug-likeness (QED) is 0.741. The molecule has 0 aliphatic carbocycles. The summed E-state index contributed by atoms with van der Waals surface area (Å²) in [6.45, 7) is 2.04. The van der Waals surface area contributed by atoms with Gasteiger partial charge in [0, 0.05) is 10.9 Å². The van der Waals surface area contributed by atoms with Gasteiger partial charge in [0.05, 0.1) is 12.7 Å². The molecule has 0 atom stereocenters. The Morgan fingerprint density at radius 3 is 2.81 bits per heavy atom. The molecule has 0 aliphatic heterocycles. The highest BCUT2D eigenvalue weighted by molar-refractivity contribution is 7.08. The lowest BCUT2D eigenvalue weighted by atomic mass is 10.0. The predicted molar refractivity (Wildman–Crippen MR) is 65.8 cm³/mol. The van der Waals surface area contributed by atoms with Gasteiger partial charge in [-0.25, -0.2) is 4.79 Å². The molecule has 0 N–H and O–H groups in total. The highest BCUT2D eigenvalue weighted by atomic mass is 32.1. The number of thiophene rings is 1. The Hall–Kier alpha value is -1.61. The van der Waals surface area contributed by atoms with Crippen LogP contribution in [0.2, 0.25) is 0 Å². The monoisotopic (exact) mass is 232 g/mol. The van der Waals surface area contributed by atoms with Crippen LogP contribution in [-0.2, 0) is 4.74 Å². The summed E-state index contributed by atoms with van der Waals surface area (Å²) in [5, 5.41) is 3.80. The van der Waals surface area contributed by atoms with Crippen LogP contribution in [0.5, 0.6) is 0 Å². The van der Waals surface area contributed by atoms with Gasteiger partial charge in [-0.1, -0.05) is 29.8 Å². The number of hydrogen-bond acceptors (Lipinski definition) is 3. The van der Waals surface area contributed by atoms with Crippen LogP contribution >= 0.6 is 11.3 Å². The maximum absolute atomic E-state index is 11.5. The first-order valence-electron chi connectivity index (χ1n) is 4.94. The number of benzene rings is 1. The van der Waals surface area contributed by atoms with Crippen LogP contribution < -0.4 is 0 Å². The first-order chi connectivity index (χ1) is 7.72. The molecule has 2 rings (SSSR count). The first-order valence-corrected chi connectivity index (χ1v) is 5.88. The molecule has 0 saturated carbocycles. The summed E-state index contributed by atoms with van der Waals surface area (Å²) < 4.78 is 4.75. The van der Waals surface area contributed by atoms with Gasteiger partial charge in [0.2, 0.25) is 0 Å². The number of carbonyl (C=O) groups excluding carboxylic acids is 1. The predicted octanol–water partition coefficient (Wildman–Crippen LogP) is 3.51. The average Bonchev–Trinajstić information content (AvgIpc) is 2.77. The van der Waals surface area contributed by atoms with E-state index in [1.54, 1.807) is 0 Å². The minimum absolute atomic E-state index is 0.280. The number of methoxy groups -OCH3 is 1. The molecular weight excluding hydrogens is 220 g/mol. The van der Waals surface area contributed by atoms with E-state index in [0.29, 0.717) is 5.56 Å². The number of carbonyl (C=O) groups is 1. The molecule has 82 valence electrons. The molecule has 2 aromatic rings. The van der Waals surface area contributed by atoms with Crippen LogP contribution in [0.15, 0.2) is 35.0 Å². The van der Waals surface area contributed by atoms with Gasteiger partial charge in [-0.2, -0.15) is 11.3 Å². The lowest BCUT2D eigenvalue weighted by molar-refractivity contribution is 0.0602. The second-order valence-corrected chi connectivity index (χ2v) is 4.30. The first kappa shape index (κ1) is 10.9. The van der Waals surface area contributed by atoms with Crippen LogP contribution in [0.1, 0.15) is 15.9 Å². The fourth-order valence-corrected chi connectivity index (χ4v) is 2.43. The fourth-order valence-electron chi connectivity index (χ4n) is 1.60. The number of ether oxygens (including phenoxy) is 1. The van der Waals surface area contributed by atoms with Gasteiger partial charge >= 0.3 is 5.97 Å². The maximum atomic E-state index is 11.5. The lowest BCUT2D eigenvalue weighted by Crippen LogP contribution is -2.00. The van der Waals surface area contributed by atoms with Crippen molar-refractivity contribution in [2.24, 2.45) is 0 Å². The molecule has 0 radical (unpaired) electrons. The number of rotatable bonds is 2. The van der Waals surface area contributed by atoms with Gasteiger partial charge in [-0.05, 0) is 17.9 Å². The smallest absolute Gasteiger partial charge is 0.339 e. The summed E-state index contributed by atoms with van der Waals surface area (Å²) >= 11 is 1.51. The summed E-state index contributed by atoms with van der Waals surface area (Å²) in [5.74, 6) is -0.280. The molecule has 0 spiro atoms. The molecule has 3 heteroatoms. The molecule has 0 saturated heterocycles. The van der Waals surface area contributed by atoms with Crippen molar-refractivity contribution >= 4 is 17.3 Å². The minimum Gasteiger partial charge on any atom is -0.465 e. The molecule has 0 unspecified atom stereocenters. The van der Waals surface area contributed by atoms with Crippen molar-refractivity contribution in [3.8, 4) is 11.1 Å². The number of aryl methyl sites for hydroxylation is 1. The van der Waals surface area contributed by atoms with E-state index in [9.17, 15) is 4.79 Å². The van der Waals surface area contributed by atoms with Crippen LogP contribution in [-0.4, -0.2) is 13.1 Å². The van der Waals surface area contributed by atoms with Gasteiger partial charge in [0.1, 0.15) is 0 Å². The largest absolute Gasteiger partial charge is 0.465 e. The summed E-state index contributed by atoms with van der Waals surface area (Å²) in [4.78, 5) is 11.5. The van der Waals surface area contributed by atoms with E-state index in [0.717, 1.165) is 11.1 Å². The second kappa shape index (κ2) is 4.49. The molecule has 0 amide bonds. The van der Waals surface area contributed by atoms with Crippen molar-refractivity contribution < 1.29 is 9.53 Å². The minimum atomic E-state index is -0.280. The Bertz CT molecular complexity index is 514. The van der Waals surface area contributed by atoms with Crippen molar-refractivity contribution in [3.63, 3.8) is 0 Å². The van der Waals surface area contributed by atoms with E-state index in [2.05, 4.69) is 6.07 Å². The maximum Gasteiger partial charge on any atom is 0.339 e. The Balaban J connectivity index is 2.48. The normalized spacial score (nSPS) is 10.1. The second-order valence-electron chi connectivity index (χ2n) is 3.56. The zero-order valence-electron chi connectivity index (χ0n) is 9.19. The van der Waals surface area contributed by atoms with Crippen molar-refractivity contribution in [2.45, 2.75) is 6.92 Å². The fraction of sp³-hybridized carbons (Fsp3) is 0.154. The summed E-state index contributed by atoms with van der Waals surface area (Å²) in [5.41, 5.74) is 3.82. The van der Waals surface area contributed by atoms with E-state index in [1.165, 1.54) is 24.0 Å². The van der Waals surface area contributed by atoms with Gasteiger partial charge in [-0.15, -0.1) is 0 Å². The van der Waals surface area contributed by atoms with E-state index in [-0.39, 0.29) is 5.97 Å². The average molecular weight is 232 g/mol. The molecular formula is C13H12O2S. The van der Waals surface area contributed by atoms with Gasteiger partial charge in [0.25, 0.3) is 0 Å². The van der Waals surface area contributed by atoms with Crippen LogP contribution in [0.4, 0.5) is 0 Å². The third-order valence-electron chi connectivity index (χ3n) is 2.40. The molecule has 16 heavy (non-hydrogen) atoms. The third-order valence-corrected chi connectivity index (χ3v) is 3.14. The van der Waals surface area contributed by atoms with Crippen LogP contribution in [0.25, 0.3) is 11.1 Å². The summed E-state index contributed by atoms with van der Waals surface area (Å²) in [7, 11) is 1.40. The summed E-state index contributed by atoms with van der Waals surface area (Å²) in [6.07, 6.45) is 0. The third kappa shape index (κ3) is 1.99. The molecule has 2 nitrogen and oxygen atoms in total. The highest BCUT2D eigenvalue weighted by Crippen LogP contribution is 2.28. The molecule has 1 aromatic heterocycles.